The Labute approximate surface area is 178 Å². The highest BCUT2D eigenvalue weighted by atomic mass is 35.5. The minimum absolute atomic E-state index is 0. The van der Waals surface area contributed by atoms with Crippen LogP contribution in [0.1, 0.15) is 48.7 Å². The minimum atomic E-state index is -3.25. The monoisotopic (exact) mass is 442 g/mol. The van der Waals surface area contributed by atoms with Crippen molar-refractivity contribution in [3.63, 3.8) is 0 Å². The van der Waals surface area contributed by atoms with Gasteiger partial charge in [-0.3, -0.25) is 4.90 Å². The summed E-state index contributed by atoms with van der Waals surface area (Å²) in [5, 5.41) is 0. The first-order valence-electron chi connectivity index (χ1n) is 9.41. The molecule has 8 heteroatoms. The van der Waals surface area contributed by atoms with Gasteiger partial charge in [0.1, 0.15) is 5.82 Å². The molecular weight excluding hydrogens is 415 g/mol. The summed E-state index contributed by atoms with van der Waals surface area (Å²) in [7, 11) is -3.25. The maximum atomic E-state index is 13.2. The number of sulfonamides is 1. The van der Waals surface area contributed by atoms with Crippen molar-refractivity contribution in [1.29, 1.82) is 0 Å². The summed E-state index contributed by atoms with van der Waals surface area (Å²) in [4.78, 5) is 2.35. The summed E-state index contributed by atoms with van der Waals surface area (Å²) in [6.45, 7) is 6.17. The molecule has 1 N–H and O–H groups in total. The normalized spacial score (nSPS) is 19.9. The van der Waals surface area contributed by atoms with E-state index in [1.165, 1.54) is 12.1 Å². The zero-order valence-electron chi connectivity index (χ0n) is 16.8. The average Bonchev–Trinajstić information content (AvgIpc) is 2.67. The van der Waals surface area contributed by atoms with Crippen LogP contribution in [0.4, 0.5) is 4.39 Å². The minimum Gasteiger partial charge on any atom is -0.371 e. The molecule has 0 amide bonds. The number of nitrogens with zero attached hydrogens (tertiary/aromatic N) is 1. The second-order valence-electron chi connectivity index (χ2n) is 7.36. The van der Waals surface area contributed by atoms with Crippen LogP contribution in [0.25, 0.3) is 0 Å². The maximum Gasteiger partial charge on any atom is 0.209 e. The van der Waals surface area contributed by atoms with E-state index in [0.717, 1.165) is 36.0 Å². The Morgan fingerprint density at radius 1 is 1.07 bits per heavy atom. The van der Waals surface area contributed by atoms with Crippen LogP contribution in [-0.2, 0) is 14.8 Å². The van der Waals surface area contributed by atoms with Gasteiger partial charge in [0.15, 0.2) is 0 Å². The quantitative estimate of drug-likeness (QED) is 0.734. The molecule has 29 heavy (non-hydrogen) atoms. The standard InChI is InChI=1S/C21H27FN2O3S.ClH/c1-15(23-28(3,25)26)17-4-6-18(7-5-17)16(2)24-12-13-27-21(14-24)19-8-10-20(22)11-9-19;/h4-11,15-16,21,23H,12-14H2,1-3H3;1H/t15-,16?,21?;/m1./s1. The van der Waals surface area contributed by atoms with Crippen LogP contribution in [0.2, 0.25) is 0 Å². The molecule has 2 aromatic rings. The lowest BCUT2D eigenvalue weighted by Gasteiger charge is -2.37. The van der Waals surface area contributed by atoms with E-state index < -0.39 is 10.0 Å². The van der Waals surface area contributed by atoms with Gasteiger partial charge in [0.25, 0.3) is 0 Å². The summed E-state index contributed by atoms with van der Waals surface area (Å²) < 4.78 is 44.5. The van der Waals surface area contributed by atoms with Crippen LogP contribution in [0, 0.1) is 5.82 Å². The Hall–Kier alpha value is -1.51. The van der Waals surface area contributed by atoms with Crippen LogP contribution < -0.4 is 4.72 Å². The zero-order valence-corrected chi connectivity index (χ0v) is 18.5. The van der Waals surface area contributed by atoms with Crippen LogP contribution >= 0.6 is 12.4 Å². The van der Waals surface area contributed by atoms with Crippen molar-refractivity contribution in [3.05, 3.63) is 71.0 Å². The van der Waals surface area contributed by atoms with Gasteiger partial charge in [0.05, 0.1) is 19.0 Å². The third-order valence-electron chi connectivity index (χ3n) is 5.20. The second-order valence-corrected chi connectivity index (χ2v) is 9.14. The number of halogens is 2. The molecular formula is C21H28ClFN2O3S. The van der Waals surface area contributed by atoms with Crippen LogP contribution in [0.15, 0.2) is 48.5 Å². The van der Waals surface area contributed by atoms with E-state index in [9.17, 15) is 12.8 Å². The van der Waals surface area contributed by atoms with Gasteiger partial charge in [-0.1, -0.05) is 36.4 Å². The second kappa shape index (κ2) is 10.00. The predicted molar refractivity (Wildman–Crippen MR) is 115 cm³/mol. The number of nitrogens with one attached hydrogen (secondary N) is 1. The lowest BCUT2D eigenvalue weighted by atomic mass is 10.0. The molecule has 0 saturated carbocycles. The number of hydrogen-bond donors (Lipinski definition) is 1. The molecule has 0 aliphatic carbocycles. The topological polar surface area (TPSA) is 58.6 Å². The number of morpholine rings is 1. The van der Waals surface area contributed by atoms with Crippen LogP contribution in [-0.4, -0.2) is 39.3 Å². The first kappa shape index (κ1) is 23.8. The van der Waals surface area contributed by atoms with Crippen molar-refractivity contribution < 1.29 is 17.5 Å². The van der Waals surface area contributed by atoms with Crippen LogP contribution in [0.5, 0.6) is 0 Å². The zero-order chi connectivity index (χ0) is 20.3. The average molecular weight is 443 g/mol. The molecule has 5 nitrogen and oxygen atoms in total. The SMILES string of the molecule is CC(c1ccc([C@@H](C)NS(C)(=O)=O)cc1)N1CCOC(c2ccc(F)cc2)C1.Cl. The van der Waals surface area contributed by atoms with E-state index in [1.807, 2.05) is 31.2 Å². The number of benzene rings is 2. The fourth-order valence-corrected chi connectivity index (χ4v) is 4.34. The molecule has 0 aromatic heterocycles. The van der Waals surface area contributed by atoms with Gasteiger partial charge in [-0.25, -0.2) is 17.5 Å². The van der Waals surface area contributed by atoms with Crippen molar-refractivity contribution in [2.24, 2.45) is 0 Å². The van der Waals surface area contributed by atoms with Gasteiger partial charge in [-0.15, -0.1) is 12.4 Å². The molecule has 1 heterocycles. The first-order chi connectivity index (χ1) is 13.2. The molecule has 0 bridgehead atoms. The Morgan fingerprint density at radius 2 is 1.66 bits per heavy atom. The molecule has 1 aliphatic heterocycles. The fraction of sp³-hybridized carbons (Fsp3) is 0.429. The fourth-order valence-electron chi connectivity index (χ4n) is 3.56. The Bertz CT molecular complexity index is 891. The number of hydrogen-bond acceptors (Lipinski definition) is 4. The molecule has 2 unspecified atom stereocenters. The summed E-state index contributed by atoms with van der Waals surface area (Å²) >= 11 is 0. The largest absolute Gasteiger partial charge is 0.371 e. The van der Waals surface area contributed by atoms with Gasteiger partial charge >= 0.3 is 0 Å². The van der Waals surface area contributed by atoms with Gasteiger partial charge in [0, 0.05) is 25.2 Å². The van der Waals surface area contributed by atoms with Gasteiger partial charge in [-0.2, -0.15) is 0 Å². The van der Waals surface area contributed by atoms with Crippen molar-refractivity contribution >= 4 is 22.4 Å². The molecule has 2 aromatic carbocycles. The molecule has 1 saturated heterocycles. The summed E-state index contributed by atoms with van der Waals surface area (Å²) in [6.07, 6.45) is 1.09. The van der Waals surface area contributed by atoms with Crippen molar-refractivity contribution in [2.45, 2.75) is 32.0 Å². The van der Waals surface area contributed by atoms with E-state index >= 15 is 0 Å². The summed E-state index contributed by atoms with van der Waals surface area (Å²) in [6, 6.07) is 14.4. The predicted octanol–water partition coefficient (Wildman–Crippen LogP) is 3.99. The smallest absolute Gasteiger partial charge is 0.209 e. The van der Waals surface area contributed by atoms with E-state index in [0.29, 0.717) is 6.61 Å². The molecule has 3 atom stereocenters. The van der Waals surface area contributed by atoms with Gasteiger partial charge < -0.3 is 4.74 Å². The lowest BCUT2D eigenvalue weighted by Crippen LogP contribution is -2.39. The Kier molecular flexibility index (Phi) is 8.19. The third kappa shape index (κ3) is 6.49. The molecule has 1 fully saturated rings. The summed E-state index contributed by atoms with van der Waals surface area (Å²) in [5.41, 5.74) is 3.07. The first-order valence-corrected chi connectivity index (χ1v) is 11.3. The lowest BCUT2D eigenvalue weighted by molar-refractivity contribution is -0.0431. The molecule has 0 radical (unpaired) electrons. The van der Waals surface area contributed by atoms with E-state index in [1.54, 1.807) is 12.1 Å². The molecule has 160 valence electrons. The summed E-state index contributed by atoms with van der Waals surface area (Å²) in [5.74, 6) is -0.246. The van der Waals surface area contributed by atoms with Gasteiger partial charge in [0.2, 0.25) is 10.0 Å². The maximum absolute atomic E-state index is 13.2. The van der Waals surface area contributed by atoms with E-state index in [2.05, 4.69) is 16.5 Å². The molecule has 3 rings (SSSR count). The highest BCUT2D eigenvalue weighted by Crippen LogP contribution is 2.29. The highest BCUT2D eigenvalue weighted by Gasteiger charge is 2.26. The highest BCUT2D eigenvalue weighted by molar-refractivity contribution is 7.88. The van der Waals surface area contributed by atoms with Crippen molar-refractivity contribution in [1.82, 2.24) is 9.62 Å². The van der Waals surface area contributed by atoms with Gasteiger partial charge in [-0.05, 0) is 42.7 Å². The van der Waals surface area contributed by atoms with E-state index in [-0.39, 0.29) is 36.4 Å². The van der Waals surface area contributed by atoms with Crippen LogP contribution in [0.3, 0.4) is 0 Å². The molecule has 1 aliphatic rings. The van der Waals surface area contributed by atoms with Crippen molar-refractivity contribution in [2.75, 3.05) is 26.0 Å². The number of ether oxygens (including phenoxy) is 1. The Morgan fingerprint density at radius 3 is 2.24 bits per heavy atom. The molecule has 0 spiro atoms. The number of rotatable bonds is 6. The van der Waals surface area contributed by atoms with E-state index in [4.69, 9.17) is 4.74 Å². The third-order valence-corrected chi connectivity index (χ3v) is 5.98. The Balaban J connectivity index is 0.00000300. The van der Waals surface area contributed by atoms with Crippen molar-refractivity contribution in [3.8, 4) is 0 Å².